The maximum atomic E-state index is 13.0. The van der Waals surface area contributed by atoms with Gasteiger partial charge in [0.1, 0.15) is 5.69 Å². The molecule has 2 aliphatic heterocycles. The highest BCUT2D eigenvalue weighted by Crippen LogP contribution is 2.28. The minimum atomic E-state index is -0.616. The van der Waals surface area contributed by atoms with Crippen LogP contribution in [0.2, 0.25) is 5.02 Å². The molecule has 0 aromatic carbocycles. The van der Waals surface area contributed by atoms with Crippen LogP contribution in [0.25, 0.3) is 0 Å². The van der Waals surface area contributed by atoms with Gasteiger partial charge in [0.25, 0.3) is 5.91 Å². The molecule has 0 unspecified atom stereocenters. The molecule has 1 aromatic heterocycles. The molecule has 96 valence electrons. The molecule has 1 amide bonds. The van der Waals surface area contributed by atoms with Gasteiger partial charge >= 0.3 is 0 Å². The first kappa shape index (κ1) is 11.9. The van der Waals surface area contributed by atoms with Crippen molar-refractivity contribution in [2.75, 3.05) is 0 Å². The third-order valence-electron chi connectivity index (χ3n) is 3.66. The molecule has 2 fully saturated rings. The van der Waals surface area contributed by atoms with Gasteiger partial charge in [0, 0.05) is 18.1 Å². The van der Waals surface area contributed by atoms with Crippen LogP contribution in [0, 0.1) is 5.82 Å². The summed E-state index contributed by atoms with van der Waals surface area (Å²) in [5.41, 5.74) is 0.157. The number of nitrogens with zero attached hydrogens (tertiary/aromatic N) is 1. The molecule has 3 rings (SSSR count). The molecular formula is C12H13ClFN3O. The van der Waals surface area contributed by atoms with E-state index in [0.717, 1.165) is 19.0 Å². The summed E-state index contributed by atoms with van der Waals surface area (Å²) in [5, 5.41) is 6.28. The van der Waals surface area contributed by atoms with Gasteiger partial charge in [-0.25, -0.2) is 9.37 Å². The summed E-state index contributed by atoms with van der Waals surface area (Å²) in [6.07, 6.45) is 4.19. The van der Waals surface area contributed by atoms with E-state index < -0.39 is 5.82 Å². The number of halogens is 2. The number of fused-ring (bicyclic) bond motifs is 2. The number of nitrogens with one attached hydrogen (secondary N) is 2. The largest absolute Gasteiger partial charge is 0.346 e. The lowest BCUT2D eigenvalue weighted by molar-refractivity contribution is 0.0926. The normalized spacial score (nSPS) is 29.6. The zero-order valence-corrected chi connectivity index (χ0v) is 10.4. The van der Waals surface area contributed by atoms with Gasteiger partial charge < -0.3 is 10.6 Å². The highest BCUT2D eigenvalue weighted by atomic mass is 35.5. The topological polar surface area (TPSA) is 54.0 Å². The van der Waals surface area contributed by atoms with Gasteiger partial charge in [0.2, 0.25) is 0 Å². The zero-order chi connectivity index (χ0) is 12.7. The fraction of sp³-hybridized carbons (Fsp3) is 0.500. The number of hydrogen-bond donors (Lipinski definition) is 2. The third kappa shape index (κ3) is 2.08. The molecule has 3 heterocycles. The Bertz CT molecular complexity index is 496. The fourth-order valence-electron chi connectivity index (χ4n) is 2.76. The van der Waals surface area contributed by atoms with Crippen molar-refractivity contribution in [2.24, 2.45) is 0 Å². The van der Waals surface area contributed by atoms with E-state index in [-0.39, 0.29) is 22.7 Å². The second-order valence-corrected chi connectivity index (χ2v) is 5.25. The zero-order valence-electron chi connectivity index (χ0n) is 9.62. The number of carbonyl (C=O) groups excluding carboxylic acids is 1. The molecule has 2 aliphatic rings. The molecule has 3 atom stereocenters. The number of rotatable bonds is 2. The van der Waals surface area contributed by atoms with Gasteiger partial charge in [0.15, 0.2) is 5.82 Å². The Morgan fingerprint density at radius 1 is 1.56 bits per heavy atom. The number of aromatic nitrogens is 1. The van der Waals surface area contributed by atoms with E-state index in [0.29, 0.717) is 12.1 Å². The molecule has 1 aromatic rings. The lowest BCUT2D eigenvalue weighted by Crippen LogP contribution is -2.43. The molecule has 4 nitrogen and oxygen atoms in total. The summed E-state index contributed by atoms with van der Waals surface area (Å²) in [7, 11) is 0. The van der Waals surface area contributed by atoms with Crippen LogP contribution in [0.15, 0.2) is 12.3 Å². The molecule has 0 radical (unpaired) electrons. The van der Waals surface area contributed by atoms with Crippen LogP contribution in [0.1, 0.15) is 29.8 Å². The van der Waals surface area contributed by atoms with Crippen molar-refractivity contribution in [3.63, 3.8) is 0 Å². The van der Waals surface area contributed by atoms with E-state index in [9.17, 15) is 9.18 Å². The summed E-state index contributed by atoms with van der Waals surface area (Å²) in [5.74, 6) is -0.911. The Morgan fingerprint density at radius 3 is 3.00 bits per heavy atom. The Labute approximate surface area is 109 Å². The van der Waals surface area contributed by atoms with Crippen LogP contribution in [0.3, 0.4) is 0 Å². The SMILES string of the molecule is O=C(N[C@@H]1C[C@H]2CC[C@@H]1N2)c1cc(Cl)c(F)cn1. The van der Waals surface area contributed by atoms with Crippen molar-refractivity contribution in [1.82, 2.24) is 15.6 Å². The first-order chi connectivity index (χ1) is 8.63. The Hall–Kier alpha value is -1.20. The lowest BCUT2D eigenvalue weighted by atomic mass is 9.95. The molecule has 0 saturated carbocycles. The Kier molecular flexibility index (Phi) is 2.95. The van der Waals surface area contributed by atoms with Gasteiger partial charge in [-0.05, 0) is 25.3 Å². The lowest BCUT2D eigenvalue weighted by Gasteiger charge is -2.21. The van der Waals surface area contributed by atoms with Crippen molar-refractivity contribution in [2.45, 2.75) is 37.4 Å². The van der Waals surface area contributed by atoms with Gasteiger partial charge in [-0.15, -0.1) is 0 Å². The summed E-state index contributed by atoms with van der Waals surface area (Å²) in [6, 6.07) is 2.27. The van der Waals surface area contributed by atoms with E-state index in [2.05, 4.69) is 15.6 Å². The van der Waals surface area contributed by atoms with Gasteiger partial charge in [0.05, 0.1) is 11.2 Å². The first-order valence-corrected chi connectivity index (χ1v) is 6.39. The average Bonchev–Trinajstić information content (AvgIpc) is 2.94. The Balaban J connectivity index is 1.69. The van der Waals surface area contributed by atoms with Crippen molar-refractivity contribution in [3.8, 4) is 0 Å². The predicted molar refractivity (Wildman–Crippen MR) is 65.0 cm³/mol. The minimum Gasteiger partial charge on any atom is -0.346 e. The van der Waals surface area contributed by atoms with Crippen LogP contribution < -0.4 is 10.6 Å². The van der Waals surface area contributed by atoms with E-state index in [1.807, 2.05) is 0 Å². The number of hydrogen-bond acceptors (Lipinski definition) is 3. The van der Waals surface area contributed by atoms with E-state index in [1.165, 1.54) is 12.5 Å². The van der Waals surface area contributed by atoms with Crippen LogP contribution in [-0.4, -0.2) is 29.0 Å². The monoisotopic (exact) mass is 269 g/mol. The number of carbonyl (C=O) groups is 1. The van der Waals surface area contributed by atoms with Crippen LogP contribution in [0.4, 0.5) is 4.39 Å². The minimum absolute atomic E-state index is 0.0822. The van der Waals surface area contributed by atoms with Crippen molar-refractivity contribution >= 4 is 17.5 Å². The smallest absolute Gasteiger partial charge is 0.270 e. The standard InChI is InChI=1S/C12H13ClFN3O/c13-7-4-11(15-5-8(7)14)12(18)17-10-3-6-1-2-9(10)16-6/h4-6,9-10,16H,1-3H2,(H,17,18)/t6-,9+,10-/m1/s1. The molecule has 0 aliphatic carbocycles. The molecule has 2 bridgehead atoms. The van der Waals surface area contributed by atoms with Crippen LogP contribution >= 0.6 is 11.6 Å². The maximum absolute atomic E-state index is 13.0. The molecule has 6 heteroatoms. The predicted octanol–water partition coefficient (Wildman–Crippen LogP) is 1.50. The van der Waals surface area contributed by atoms with Crippen molar-refractivity contribution in [1.29, 1.82) is 0 Å². The van der Waals surface area contributed by atoms with Gasteiger partial charge in [-0.1, -0.05) is 11.6 Å². The summed E-state index contributed by atoms with van der Waals surface area (Å²) >= 11 is 5.63. The molecule has 0 spiro atoms. The number of amides is 1. The van der Waals surface area contributed by atoms with Crippen molar-refractivity contribution in [3.05, 3.63) is 28.8 Å². The summed E-state index contributed by atoms with van der Waals surface area (Å²) in [6.45, 7) is 0. The fourth-order valence-corrected chi connectivity index (χ4v) is 2.92. The van der Waals surface area contributed by atoms with Gasteiger partial charge in [-0.2, -0.15) is 0 Å². The number of pyridine rings is 1. The Morgan fingerprint density at radius 2 is 2.39 bits per heavy atom. The maximum Gasteiger partial charge on any atom is 0.270 e. The first-order valence-electron chi connectivity index (χ1n) is 6.01. The van der Waals surface area contributed by atoms with Crippen LogP contribution in [0.5, 0.6) is 0 Å². The second kappa shape index (κ2) is 4.48. The molecule has 18 heavy (non-hydrogen) atoms. The second-order valence-electron chi connectivity index (χ2n) is 4.85. The van der Waals surface area contributed by atoms with Crippen LogP contribution in [-0.2, 0) is 0 Å². The molecule has 2 N–H and O–H groups in total. The van der Waals surface area contributed by atoms with Crippen molar-refractivity contribution < 1.29 is 9.18 Å². The third-order valence-corrected chi connectivity index (χ3v) is 3.95. The highest BCUT2D eigenvalue weighted by molar-refractivity contribution is 6.31. The van der Waals surface area contributed by atoms with E-state index in [4.69, 9.17) is 11.6 Å². The summed E-state index contributed by atoms with van der Waals surface area (Å²) < 4.78 is 13.0. The van der Waals surface area contributed by atoms with E-state index in [1.54, 1.807) is 0 Å². The highest BCUT2D eigenvalue weighted by Gasteiger charge is 2.39. The quantitative estimate of drug-likeness (QED) is 0.855. The average molecular weight is 270 g/mol. The van der Waals surface area contributed by atoms with Gasteiger partial charge in [-0.3, -0.25) is 4.79 Å². The summed E-state index contributed by atoms with van der Waals surface area (Å²) in [4.78, 5) is 15.7. The molecular weight excluding hydrogens is 257 g/mol. The molecule has 2 saturated heterocycles. The van der Waals surface area contributed by atoms with E-state index >= 15 is 0 Å².